The standard InChI is InChI=1S/C17H17N5/c1-3-7-14-17(22-16(11-19)15(10-18)21-14)20-12(2)13-8-5-4-6-9-13/h4-6,8-9,12H,3,7H2,1-2H3,(H,20,22). The molecule has 0 fully saturated rings. The van der Waals surface area contributed by atoms with E-state index in [1.807, 2.05) is 56.3 Å². The van der Waals surface area contributed by atoms with Crippen molar-refractivity contribution < 1.29 is 0 Å². The Morgan fingerprint density at radius 1 is 1.09 bits per heavy atom. The summed E-state index contributed by atoms with van der Waals surface area (Å²) in [5.41, 5.74) is 1.99. The third-order valence-corrected chi connectivity index (χ3v) is 3.32. The van der Waals surface area contributed by atoms with Crippen molar-refractivity contribution in [2.75, 3.05) is 5.32 Å². The number of nitrogens with one attached hydrogen (secondary N) is 1. The highest BCUT2D eigenvalue weighted by molar-refractivity contribution is 5.49. The van der Waals surface area contributed by atoms with Crippen LogP contribution in [0.4, 0.5) is 5.82 Å². The van der Waals surface area contributed by atoms with E-state index in [2.05, 4.69) is 15.3 Å². The maximum Gasteiger partial charge on any atom is 0.179 e. The fourth-order valence-electron chi connectivity index (χ4n) is 2.18. The van der Waals surface area contributed by atoms with Gasteiger partial charge in [0.1, 0.15) is 18.0 Å². The molecule has 0 aliphatic rings. The lowest BCUT2D eigenvalue weighted by Gasteiger charge is -2.17. The molecule has 1 atom stereocenters. The summed E-state index contributed by atoms with van der Waals surface area (Å²) in [5.74, 6) is 0.578. The van der Waals surface area contributed by atoms with E-state index in [9.17, 15) is 0 Å². The van der Waals surface area contributed by atoms with Gasteiger partial charge in [0.15, 0.2) is 11.4 Å². The van der Waals surface area contributed by atoms with Crippen molar-refractivity contribution in [1.82, 2.24) is 9.97 Å². The Labute approximate surface area is 130 Å². The van der Waals surface area contributed by atoms with E-state index in [1.165, 1.54) is 0 Å². The molecule has 0 spiro atoms. The number of aromatic nitrogens is 2. The summed E-state index contributed by atoms with van der Waals surface area (Å²) in [6.45, 7) is 4.06. The van der Waals surface area contributed by atoms with Crippen molar-refractivity contribution in [2.45, 2.75) is 32.7 Å². The van der Waals surface area contributed by atoms with Gasteiger partial charge in [0.2, 0.25) is 0 Å². The van der Waals surface area contributed by atoms with E-state index < -0.39 is 0 Å². The summed E-state index contributed by atoms with van der Waals surface area (Å²) >= 11 is 0. The molecule has 1 heterocycles. The average Bonchev–Trinajstić information content (AvgIpc) is 2.56. The molecule has 2 aromatic rings. The van der Waals surface area contributed by atoms with Crippen LogP contribution in [0, 0.1) is 22.7 Å². The van der Waals surface area contributed by atoms with Crippen molar-refractivity contribution in [2.24, 2.45) is 0 Å². The topological polar surface area (TPSA) is 85.4 Å². The summed E-state index contributed by atoms with van der Waals surface area (Å²) in [6, 6.07) is 13.9. The maximum atomic E-state index is 9.11. The van der Waals surface area contributed by atoms with Crippen molar-refractivity contribution in [3.05, 3.63) is 53.0 Å². The number of aryl methyl sites for hydroxylation is 1. The van der Waals surface area contributed by atoms with Gasteiger partial charge >= 0.3 is 0 Å². The highest BCUT2D eigenvalue weighted by Crippen LogP contribution is 2.22. The largest absolute Gasteiger partial charge is 0.362 e. The summed E-state index contributed by atoms with van der Waals surface area (Å²) < 4.78 is 0. The zero-order valence-electron chi connectivity index (χ0n) is 12.7. The monoisotopic (exact) mass is 291 g/mol. The van der Waals surface area contributed by atoms with Gasteiger partial charge in [-0.15, -0.1) is 0 Å². The minimum Gasteiger partial charge on any atom is -0.362 e. The van der Waals surface area contributed by atoms with Gasteiger partial charge in [-0.1, -0.05) is 43.7 Å². The summed E-state index contributed by atoms with van der Waals surface area (Å²) in [6.07, 6.45) is 1.59. The van der Waals surface area contributed by atoms with Gasteiger partial charge in [-0.05, 0) is 18.9 Å². The Kier molecular flexibility index (Phi) is 5.06. The highest BCUT2D eigenvalue weighted by Gasteiger charge is 2.15. The molecule has 1 aromatic carbocycles. The second-order valence-corrected chi connectivity index (χ2v) is 4.97. The third kappa shape index (κ3) is 3.39. The molecule has 1 N–H and O–H groups in total. The van der Waals surface area contributed by atoms with Crippen molar-refractivity contribution >= 4 is 5.82 Å². The minimum absolute atomic E-state index is 0.0329. The lowest BCUT2D eigenvalue weighted by Crippen LogP contribution is -2.13. The van der Waals surface area contributed by atoms with Crippen LogP contribution in [0.1, 0.15) is 49.0 Å². The van der Waals surface area contributed by atoms with Gasteiger partial charge in [0, 0.05) is 0 Å². The zero-order valence-corrected chi connectivity index (χ0v) is 12.7. The lowest BCUT2D eigenvalue weighted by molar-refractivity contribution is 0.827. The Morgan fingerprint density at radius 3 is 2.32 bits per heavy atom. The third-order valence-electron chi connectivity index (χ3n) is 3.32. The smallest absolute Gasteiger partial charge is 0.179 e. The van der Waals surface area contributed by atoms with Gasteiger partial charge in [-0.3, -0.25) is 0 Å². The fourth-order valence-corrected chi connectivity index (χ4v) is 2.18. The molecule has 1 unspecified atom stereocenters. The molecule has 1 aromatic heterocycles. The van der Waals surface area contributed by atoms with Crippen LogP contribution in [0.2, 0.25) is 0 Å². The van der Waals surface area contributed by atoms with Crippen LogP contribution in [0.25, 0.3) is 0 Å². The molecule has 2 rings (SSSR count). The Hall–Kier alpha value is -2.92. The normalized spacial score (nSPS) is 11.3. The van der Waals surface area contributed by atoms with Crippen LogP contribution in [0.3, 0.4) is 0 Å². The van der Waals surface area contributed by atoms with Crippen LogP contribution < -0.4 is 5.32 Å². The van der Waals surface area contributed by atoms with Gasteiger partial charge in [0.05, 0.1) is 11.7 Å². The van der Waals surface area contributed by atoms with Crippen LogP contribution in [0.5, 0.6) is 0 Å². The molecular formula is C17H17N5. The van der Waals surface area contributed by atoms with Crippen LogP contribution in [-0.2, 0) is 6.42 Å². The quantitative estimate of drug-likeness (QED) is 0.913. The SMILES string of the molecule is CCCc1nc(C#N)c(C#N)nc1NC(C)c1ccccc1. The molecule has 22 heavy (non-hydrogen) atoms. The first kappa shape index (κ1) is 15.5. The second kappa shape index (κ2) is 7.19. The number of hydrogen-bond acceptors (Lipinski definition) is 5. The molecule has 0 aliphatic carbocycles. The van der Waals surface area contributed by atoms with Crippen LogP contribution in [-0.4, -0.2) is 9.97 Å². The number of rotatable bonds is 5. The van der Waals surface area contributed by atoms with Crippen molar-refractivity contribution in [1.29, 1.82) is 10.5 Å². The minimum atomic E-state index is 0.0329. The van der Waals surface area contributed by atoms with Crippen LogP contribution in [0.15, 0.2) is 30.3 Å². The molecule has 0 radical (unpaired) electrons. The van der Waals surface area contributed by atoms with Crippen LogP contribution >= 0.6 is 0 Å². The first-order chi connectivity index (χ1) is 10.7. The summed E-state index contributed by atoms with van der Waals surface area (Å²) in [7, 11) is 0. The fraction of sp³-hybridized carbons (Fsp3) is 0.294. The van der Waals surface area contributed by atoms with Gasteiger partial charge in [-0.2, -0.15) is 10.5 Å². The Balaban J connectivity index is 2.37. The summed E-state index contributed by atoms with van der Waals surface area (Å²) in [5, 5.41) is 21.5. The second-order valence-electron chi connectivity index (χ2n) is 4.97. The van der Waals surface area contributed by atoms with E-state index in [0.717, 1.165) is 17.7 Å². The van der Waals surface area contributed by atoms with Crippen molar-refractivity contribution in [3.8, 4) is 12.1 Å². The average molecular weight is 291 g/mol. The van der Waals surface area contributed by atoms with Crippen molar-refractivity contribution in [3.63, 3.8) is 0 Å². The number of anilines is 1. The number of nitrogens with zero attached hydrogens (tertiary/aromatic N) is 4. The Bertz CT molecular complexity index is 725. The molecule has 0 aliphatic heterocycles. The first-order valence-electron chi connectivity index (χ1n) is 7.22. The maximum absolute atomic E-state index is 9.11. The van der Waals surface area contributed by atoms with E-state index in [0.29, 0.717) is 12.2 Å². The lowest BCUT2D eigenvalue weighted by atomic mass is 10.1. The van der Waals surface area contributed by atoms with E-state index in [1.54, 1.807) is 0 Å². The molecule has 0 amide bonds. The van der Waals surface area contributed by atoms with E-state index in [-0.39, 0.29) is 17.4 Å². The molecule has 0 saturated carbocycles. The molecular weight excluding hydrogens is 274 g/mol. The molecule has 5 nitrogen and oxygen atoms in total. The first-order valence-corrected chi connectivity index (χ1v) is 7.22. The number of benzene rings is 1. The summed E-state index contributed by atoms with van der Waals surface area (Å²) in [4.78, 5) is 8.58. The number of nitriles is 2. The molecule has 5 heteroatoms. The zero-order chi connectivity index (χ0) is 15.9. The van der Waals surface area contributed by atoms with Gasteiger partial charge in [-0.25, -0.2) is 9.97 Å². The molecule has 110 valence electrons. The van der Waals surface area contributed by atoms with Gasteiger partial charge in [0.25, 0.3) is 0 Å². The predicted octanol–water partition coefficient (Wildman–Crippen LogP) is 3.35. The van der Waals surface area contributed by atoms with E-state index >= 15 is 0 Å². The predicted molar refractivity (Wildman–Crippen MR) is 83.9 cm³/mol. The Morgan fingerprint density at radius 2 is 1.73 bits per heavy atom. The highest BCUT2D eigenvalue weighted by atomic mass is 15.0. The molecule has 0 bridgehead atoms. The van der Waals surface area contributed by atoms with Gasteiger partial charge < -0.3 is 5.32 Å². The van der Waals surface area contributed by atoms with E-state index in [4.69, 9.17) is 10.5 Å². The number of hydrogen-bond donors (Lipinski definition) is 1. The molecule has 0 saturated heterocycles.